The molecule has 7 heteroatoms. The number of primary amides is 1. The number of ether oxygens (including phenoxy) is 2. The van der Waals surface area contributed by atoms with Crippen LogP contribution in [0.25, 0.3) is 0 Å². The fourth-order valence-corrected chi connectivity index (χ4v) is 2.76. The molecule has 2 saturated heterocycles. The van der Waals surface area contributed by atoms with Gasteiger partial charge in [0, 0.05) is 26.2 Å². The first-order valence-electron chi connectivity index (χ1n) is 8.50. The van der Waals surface area contributed by atoms with Crippen LogP contribution in [0.3, 0.4) is 0 Å². The van der Waals surface area contributed by atoms with Gasteiger partial charge in [0.1, 0.15) is 6.10 Å². The molecule has 23 heavy (non-hydrogen) atoms. The molecule has 2 aliphatic rings. The molecule has 0 aliphatic carbocycles. The first kappa shape index (κ1) is 18.0. The highest BCUT2D eigenvalue weighted by atomic mass is 16.5. The molecule has 0 aromatic heterocycles. The van der Waals surface area contributed by atoms with E-state index >= 15 is 0 Å². The predicted molar refractivity (Wildman–Crippen MR) is 89.2 cm³/mol. The van der Waals surface area contributed by atoms with Gasteiger partial charge in [-0.05, 0) is 33.6 Å². The normalized spacial score (nSPS) is 26.4. The number of hydrogen-bond acceptors (Lipinski definition) is 4. The van der Waals surface area contributed by atoms with Crippen LogP contribution in [0, 0.1) is 5.41 Å². The Morgan fingerprint density at radius 3 is 2.70 bits per heavy atom. The Hall–Kier alpha value is -1.34. The van der Waals surface area contributed by atoms with Gasteiger partial charge in [-0.25, -0.2) is 0 Å². The molecule has 0 saturated carbocycles. The van der Waals surface area contributed by atoms with E-state index in [1.54, 1.807) is 0 Å². The third-order valence-electron chi connectivity index (χ3n) is 4.40. The van der Waals surface area contributed by atoms with Gasteiger partial charge in [-0.3, -0.25) is 9.79 Å². The maximum atomic E-state index is 11.5. The lowest BCUT2D eigenvalue weighted by molar-refractivity contribution is -0.125. The Bertz CT molecular complexity index is 433. The van der Waals surface area contributed by atoms with E-state index in [1.807, 2.05) is 20.8 Å². The fraction of sp³-hybridized carbons (Fsp3) is 0.875. The summed E-state index contributed by atoms with van der Waals surface area (Å²) in [5.74, 6) is 0.476. The Balaban J connectivity index is 2.02. The summed E-state index contributed by atoms with van der Waals surface area (Å²) in [6.45, 7) is 9.84. The highest BCUT2D eigenvalue weighted by Crippen LogP contribution is 2.21. The average Bonchev–Trinajstić information content (AvgIpc) is 3.06. The molecule has 1 amide bonds. The van der Waals surface area contributed by atoms with Crippen molar-refractivity contribution in [3.8, 4) is 0 Å². The largest absolute Gasteiger partial charge is 0.375 e. The minimum Gasteiger partial charge on any atom is -0.375 e. The molecule has 2 rings (SSSR count). The number of guanidine groups is 1. The lowest BCUT2D eigenvalue weighted by Crippen LogP contribution is -2.53. The van der Waals surface area contributed by atoms with Crippen molar-refractivity contribution < 1.29 is 14.3 Å². The van der Waals surface area contributed by atoms with Crippen molar-refractivity contribution >= 4 is 11.9 Å². The van der Waals surface area contributed by atoms with E-state index in [0.717, 1.165) is 45.0 Å². The molecule has 2 atom stereocenters. The van der Waals surface area contributed by atoms with Crippen molar-refractivity contribution in [2.75, 3.05) is 39.4 Å². The van der Waals surface area contributed by atoms with Crippen LogP contribution in [0.1, 0.15) is 33.6 Å². The minimum atomic E-state index is -0.652. The van der Waals surface area contributed by atoms with Crippen LogP contribution in [0.5, 0.6) is 0 Å². The number of rotatable bonds is 5. The summed E-state index contributed by atoms with van der Waals surface area (Å²) in [6.07, 6.45) is 2.42. The zero-order valence-corrected chi connectivity index (χ0v) is 14.5. The quantitative estimate of drug-likeness (QED) is 0.562. The number of carbonyl (C=O) groups is 1. The van der Waals surface area contributed by atoms with Crippen LogP contribution in [0.15, 0.2) is 4.99 Å². The monoisotopic (exact) mass is 326 g/mol. The molecule has 2 fully saturated rings. The molecule has 0 bridgehead atoms. The number of amides is 1. The van der Waals surface area contributed by atoms with Crippen molar-refractivity contribution in [2.24, 2.45) is 16.1 Å². The Kier molecular flexibility index (Phi) is 6.24. The van der Waals surface area contributed by atoms with Crippen LogP contribution in [-0.2, 0) is 14.3 Å². The van der Waals surface area contributed by atoms with Crippen molar-refractivity contribution in [3.05, 3.63) is 0 Å². The number of aliphatic imine (C=N–C) groups is 1. The molecular weight excluding hydrogens is 296 g/mol. The molecule has 0 spiro atoms. The number of morpholine rings is 1. The molecule has 7 nitrogen and oxygen atoms in total. The van der Waals surface area contributed by atoms with Gasteiger partial charge < -0.3 is 25.4 Å². The molecule has 0 aromatic carbocycles. The topological polar surface area (TPSA) is 89.2 Å². The van der Waals surface area contributed by atoms with Crippen LogP contribution in [0.2, 0.25) is 0 Å². The highest BCUT2D eigenvalue weighted by molar-refractivity contribution is 5.82. The van der Waals surface area contributed by atoms with Crippen LogP contribution >= 0.6 is 0 Å². The van der Waals surface area contributed by atoms with Crippen molar-refractivity contribution in [1.82, 2.24) is 10.2 Å². The maximum Gasteiger partial charge on any atom is 0.224 e. The van der Waals surface area contributed by atoms with E-state index in [9.17, 15) is 4.79 Å². The molecule has 132 valence electrons. The van der Waals surface area contributed by atoms with Gasteiger partial charge in [-0.2, -0.15) is 0 Å². The summed E-state index contributed by atoms with van der Waals surface area (Å²) in [6, 6.07) is 0. The SMILES string of the molecule is CCNC(=NCC(C)(C)C(N)=O)N1CCOC(C2CCCO2)C1. The standard InChI is InChI=1S/C16H30N4O3/c1-4-18-15(19-11-16(2,3)14(17)21)20-7-9-23-13(10-20)12-6-5-8-22-12/h12-13H,4-11H2,1-3H3,(H2,17,21)(H,18,19). The predicted octanol–water partition coefficient (Wildman–Crippen LogP) is 0.343. The minimum absolute atomic E-state index is 0.0826. The molecule has 0 radical (unpaired) electrons. The van der Waals surface area contributed by atoms with Gasteiger partial charge in [-0.1, -0.05) is 0 Å². The zero-order valence-electron chi connectivity index (χ0n) is 14.5. The number of hydrogen-bond donors (Lipinski definition) is 2. The lowest BCUT2D eigenvalue weighted by atomic mass is 9.93. The summed E-state index contributed by atoms with van der Waals surface area (Å²) in [7, 11) is 0. The Morgan fingerprint density at radius 1 is 1.35 bits per heavy atom. The summed E-state index contributed by atoms with van der Waals surface area (Å²) >= 11 is 0. The van der Waals surface area contributed by atoms with Gasteiger partial charge in [0.15, 0.2) is 5.96 Å². The molecule has 2 unspecified atom stereocenters. The number of nitrogens with one attached hydrogen (secondary N) is 1. The van der Waals surface area contributed by atoms with E-state index < -0.39 is 5.41 Å². The summed E-state index contributed by atoms with van der Waals surface area (Å²) in [5.41, 5.74) is 4.78. The van der Waals surface area contributed by atoms with E-state index in [2.05, 4.69) is 15.2 Å². The van der Waals surface area contributed by atoms with Gasteiger partial charge in [0.2, 0.25) is 5.91 Å². The fourth-order valence-electron chi connectivity index (χ4n) is 2.76. The first-order chi connectivity index (χ1) is 10.9. The van der Waals surface area contributed by atoms with E-state index in [1.165, 1.54) is 0 Å². The van der Waals surface area contributed by atoms with Gasteiger partial charge in [-0.15, -0.1) is 0 Å². The second kappa shape index (κ2) is 7.97. The molecular formula is C16H30N4O3. The van der Waals surface area contributed by atoms with Gasteiger partial charge in [0.05, 0.1) is 24.7 Å². The van der Waals surface area contributed by atoms with Crippen LogP contribution < -0.4 is 11.1 Å². The highest BCUT2D eigenvalue weighted by Gasteiger charge is 2.32. The van der Waals surface area contributed by atoms with Crippen LogP contribution in [-0.4, -0.2) is 68.4 Å². The maximum absolute atomic E-state index is 11.5. The average molecular weight is 326 g/mol. The van der Waals surface area contributed by atoms with E-state index in [0.29, 0.717) is 13.2 Å². The van der Waals surface area contributed by atoms with Gasteiger partial charge >= 0.3 is 0 Å². The molecule has 2 aliphatic heterocycles. The molecule has 0 aromatic rings. The Labute approximate surface area is 138 Å². The summed E-state index contributed by atoms with van der Waals surface area (Å²) < 4.78 is 11.6. The van der Waals surface area contributed by atoms with E-state index in [4.69, 9.17) is 15.2 Å². The van der Waals surface area contributed by atoms with Crippen LogP contribution in [0.4, 0.5) is 0 Å². The third-order valence-corrected chi connectivity index (χ3v) is 4.40. The number of carbonyl (C=O) groups excluding carboxylic acids is 1. The third kappa shape index (κ3) is 4.81. The Morgan fingerprint density at radius 2 is 2.09 bits per heavy atom. The second-order valence-corrected chi connectivity index (χ2v) is 6.83. The first-order valence-corrected chi connectivity index (χ1v) is 8.50. The van der Waals surface area contributed by atoms with Crippen molar-refractivity contribution in [2.45, 2.75) is 45.8 Å². The van der Waals surface area contributed by atoms with E-state index in [-0.39, 0.29) is 18.1 Å². The summed E-state index contributed by atoms with van der Waals surface area (Å²) in [4.78, 5) is 18.3. The smallest absolute Gasteiger partial charge is 0.224 e. The number of nitrogens with two attached hydrogens (primary N) is 1. The lowest BCUT2D eigenvalue weighted by Gasteiger charge is -2.37. The second-order valence-electron chi connectivity index (χ2n) is 6.83. The number of nitrogens with zero attached hydrogens (tertiary/aromatic N) is 2. The zero-order chi connectivity index (χ0) is 16.9. The summed E-state index contributed by atoms with van der Waals surface area (Å²) in [5, 5.41) is 3.30. The molecule has 2 heterocycles. The molecule has 3 N–H and O–H groups in total. The van der Waals surface area contributed by atoms with Gasteiger partial charge in [0.25, 0.3) is 0 Å². The van der Waals surface area contributed by atoms with Crippen molar-refractivity contribution in [3.63, 3.8) is 0 Å². The van der Waals surface area contributed by atoms with Crippen molar-refractivity contribution in [1.29, 1.82) is 0 Å².